The maximum absolute atomic E-state index is 12.2. The number of hydrogen-bond acceptors (Lipinski definition) is 7. The molecule has 23 heavy (non-hydrogen) atoms. The molecule has 3 heterocycles. The fourth-order valence-electron chi connectivity index (χ4n) is 3.10. The van der Waals surface area contributed by atoms with Crippen molar-refractivity contribution in [2.45, 2.75) is 32.2 Å². The molecule has 0 N–H and O–H groups in total. The van der Waals surface area contributed by atoms with E-state index in [2.05, 4.69) is 15.0 Å². The zero-order chi connectivity index (χ0) is 16.1. The van der Waals surface area contributed by atoms with Crippen molar-refractivity contribution in [1.82, 2.24) is 14.6 Å². The first-order valence-corrected chi connectivity index (χ1v) is 7.60. The van der Waals surface area contributed by atoms with Gasteiger partial charge < -0.3 is 9.64 Å². The smallest absolute Gasteiger partial charge is 0.357 e. The Bertz CT molecular complexity index is 826. The minimum Gasteiger partial charge on any atom is -0.461 e. The summed E-state index contributed by atoms with van der Waals surface area (Å²) in [6, 6.07) is 0.417. The van der Waals surface area contributed by atoms with Crippen LogP contribution in [0, 0.1) is 10.1 Å². The molecule has 4 rings (SSSR count). The van der Waals surface area contributed by atoms with Crippen LogP contribution in [-0.2, 0) is 11.2 Å². The number of esters is 1. The second-order valence-corrected chi connectivity index (χ2v) is 5.68. The molecule has 0 saturated heterocycles. The lowest BCUT2D eigenvalue weighted by molar-refractivity contribution is -0.383. The van der Waals surface area contributed by atoms with Gasteiger partial charge >= 0.3 is 11.7 Å². The van der Waals surface area contributed by atoms with Crippen molar-refractivity contribution in [1.29, 1.82) is 0 Å². The zero-order valence-electron chi connectivity index (χ0n) is 12.6. The molecule has 1 aliphatic heterocycles. The average Bonchev–Trinajstić information content (AvgIpc) is 3.11. The fourth-order valence-corrected chi connectivity index (χ4v) is 3.10. The second kappa shape index (κ2) is 4.90. The maximum Gasteiger partial charge on any atom is 0.357 e. The summed E-state index contributed by atoms with van der Waals surface area (Å²) >= 11 is 0. The van der Waals surface area contributed by atoms with E-state index < -0.39 is 10.9 Å². The van der Waals surface area contributed by atoms with Crippen molar-refractivity contribution < 1.29 is 14.5 Å². The number of anilines is 1. The van der Waals surface area contributed by atoms with Crippen molar-refractivity contribution >= 4 is 23.1 Å². The number of hydrogen-bond donors (Lipinski definition) is 0. The molecule has 0 spiro atoms. The van der Waals surface area contributed by atoms with E-state index >= 15 is 0 Å². The number of nitro groups is 1. The van der Waals surface area contributed by atoms with Gasteiger partial charge in [-0.05, 0) is 26.2 Å². The fraction of sp³-hybridized carbons (Fsp3) is 0.500. The Morgan fingerprint density at radius 3 is 2.96 bits per heavy atom. The lowest BCUT2D eigenvalue weighted by atomic mass is 10.2. The van der Waals surface area contributed by atoms with Crippen LogP contribution in [0.4, 0.5) is 11.5 Å². The van der Waals surface area contributed by atoms with Crippen LogP contribution in [0.5, 0.6) is 0 Å². The molecule has 1 saturated carbocycles. The Balaban J connectivity index is 1.97. The molecular weight excluding hydrogens is 302 g/mol. The van der Waals surface area contributed by atoms with Crippen LogP contribution < -0.4 is 4.90 Å². The molecule has 0 aromatic carbocycles. The predicted octanol–water partition coefficient (Wildman–Crippen LogP) is 1.34. The van der Waals surface area contributed by atoms with Crippen LogP contribution in [0.25, 0.3) is 5.65 Å². The lowest BCUT2D eigenvalue weighted by Gasteiger charge is -2.19. The third kappa shape index (κ3) is 2.03. The van der Waals surface area contributed by atoms with Crippen LogP contribution in [-0.4, -0.2) is 44.7 Å². The van der Waals surface area contributed by atoms with E-state index in [0.29, 0.717) is 12.5 Å². The summed E-state index contributed by atoms with van der Waals surface area (Å²) in [7, 11) is 0. The summed E-state index contributed by atoms with van der Waals surface area (Å²) in [5.74, 6) is 0.202. The van der Waals surface area contributed by atoms with Gasteiger partial charge in [0, 0.05) is 18.2 Å². The van der Waals surface area contributed by atoms with Gasteiger partial charge in [-0.3, -0.25) is 10.1 Å². The molecule has 1 aliphatic carbocycles. The number of carbonyl (C=O) groups excluding carboxylic acids is 1. The summed E-state index contributed by atoms with van der Waals surface area (Å²) in [5.41, 5.74) is 0.812. The minimum absolute atomic E-state index is 0.0874. The van der Waals surface area contributed by atoms with E-state index in [0.717, 1.165) is 30.8 Å². The number of aromatic nitrogens is 3. The van der Waals surface area contributed by atoms with Gasteiger partial charge in [-0.2, -0.15) is 9.61 Å². The average molecular weight is 317 g/mol. The van der Waals surface area contributed by atoms with E-state index in [9.17, 15) is 14.9 Å². The normalized spacial score (nSPS) is 16.7. The van der Waals surface area contributed by atoms with Crippen LogP contribution in [0.1, 0.15) is 35.8 Å². The van der Waals surface area contributed by atoms with Crippen molar-refractivity contribution in [3.05, 3.63) is 27.6 Å². The third-order valence-electron chi connectivity index (χ3n) is 4.23. The number of nitrogens with zero attached hydrogens (tertiary/aromatic N) is 5. The number of carbonyl (C=O) groups is 1. The van der Waals surface area contributed by atoms with E-state index in [1.807, 2.05) is 0 Å². The second-order valence-electron chi connectivity index (χ2n) is 5.68. The zero-order valence-corrected chi connectivity index (χ0v) is 12.6. The van der Waals surface area contributed by atoms with Crippen molar-refractivity contribution in [3.8, 4) is 0 Å². The highest BCUT2D eigenvalue weighted by molar-refractivity contribution is 5.92. The highest BCUT2D eigenvalue weighted by Gasteiger charge is 2.39. The summed E-state index contributed by atoms with van der Waals surface area (Å²) < 4.78 is 6.56. The number of fused-ring (bicyclic) bond motifs is 3. The molecule has 120 valence electrons. The standard InChI is InChI=1S/C14H15N5O4/c1-2-23-14(20)11-9-5-6-17(8-3-4-8)13(9)18-12(16-11)10(7-15-18)19(21)22/h7-8H,2-6H2,1H3. The molecule has 0 atom stereocenters. The number of ether oxygens (including phenoxy) is 1. The van der Waals surface area contributed by atoms with E-state index in [4.69, 9.17) is 4.74 Å². The molecule has 2 aromatic rings. The summed E-state index contributed by atoms with van der Waals surface area (Å²) in [5, 5.41) is 15.3. The Morgan fingerprint density at radius 2 is 2.30 bits per heavy atom. The van der Waals surface area contributed by atoms with Crippen LogP contribution in [0.3, 0.4) is 0 Å². The Hall–Kier alpha value is -2.71. The third-order valence-corrected chi connectivity index (χ3v) is 4.23. The highest BCUT2D eigenvalue weighted by atomic mass is 16.6. The topological polar surface area (TPSA) is 103 Å². The van der Waals surface area contributed by atoms with E-state index in [1.54, 1.807) is 6.92 Å². The van der Waals surface area contributed by atoms with Crippen molar-refractivity contribution in [2.75, 3.05) is 18.1 Å². The van der Waals surface area contributed by atoms with Gasteiger partial charge in [-0.15, -0.1) is 0 Å². The van der Waals surface area contributed by atoms with Crippen LogP contribution in [0.2, 0.25) is 0 Å². The van der Waals surface area contributed by atoms with Gasteiger partial charge in [-0.1, -0.05) is 0 Å². The summed E-state index contributed by atoms with van der Waals surface area (Å²) in [4.78, 5) is 29.3. The quantitative estimate of drug-likeness (QED) is 0.476. The SMILES string of the molecule is CCOC(=O)c1nc2c([N+](=O)[O-])cnn2c2c1CCN2C1CC1. The predicted molar refractivity (Wildman–Crippen MR) is 79.7 cm³/mol. The Morgan fingerprint density at radius 1 is 1.52 bits per heavy atom. The van der Waals surface area contributed by atoms with Gasteiger partial charge in [0.25, 0.3) is 0 Å². The molecule has 0 bridgehead atoms. The van der Waals surface area contributed by atoms with E-state index in [-0.39, 0.29) is 23.6 Å². The van der Waals surface area contributed by atoms with Crippen LogP contribution in [0.15, 0.2) is 6.20 Å². The van der Waals surface area contributed by atoms with Crippen molar-refractivity contribution in [3.63, 3.8) is 0 Å². The first kappa shape index (κ1) is 13.9. The van der Waals surface area contributed by atoms with Crippen LogP contribution >= 0.6 is 0 Å². The largest absolute Gasteiger partial charge is 0.461 e. The molecule has 9 nitrogen and oxygen atoms in total. The Kier molecular flexibility index (Phi) is 2.97. The molecule has 0 radical (unpaired) electrons. The highest BCUT2D eigenvalue weighted by Crippen LogP contribution is 2.40. The van der Waals surface area contributed by atoms with E-state index in [1.165, 1.54) is 10.7 Å². The summed E-state index contributed by atoms with van der Waals surface area (Å²) in [6.07, 6.45) is 4.01. The molecule has 1 fully saturated rings. The first-order valence-electron chi connectivity index (χ1n) is 7.60. The maximum atomic E-state index is 12.2. The Labute approximate surface area is 131 Å². The van der Waals surface area contributed by atoms with Crippen molar-refractivity contribution in [2.24, 2.45) is 0 Å². The lowest BCUT2D eigenvalue weighted by Crippen LogP contribution is -2.25. The minimum atomic E-state index is -0.542. The molecule has 0 amide bonds. The molecule has 2 aliphatic rings. The first-order chi connectivity index (χ1) is 11.1. The van der Waals surface area contributed by atoms with Gasteiger partial charge in [-0.25, -0.2) is 9.78 Å². The summed E-state index contributed by atoms with van der Waals surface area (Å²) in [6.45, 7) is 2.71. The molecular formula is C14H15N5O4. The van der Waals surface area contributed by atoms with Gasteiger partial charge in [0.2, 0.25) is 5.65 Å². The monoisotopic (exact) mass is 317 g/mol. The molecule has 2 aromatic heterocycles. The molecule has 9 heteroatoms. The van der Waals surface area contributed by atoms with Gasteiger partial charge in [0.05, 0.1) is 11.5 Å². The van der Waals surface area contributed by atoms with Gasteiger partial charge in [0.1, 0.15) is 12.0 Å². The molecule has 0 unspecified atom stereocenters. The van der Waals surface area contributed by atoms with Gasteiger partial charge in [0.15, 0.2) is 5.69 Å². The number of rotatable bonds is 4.